The molecule has 0 amide bonds. The maximum absolute atomic E-state index is 12.0. The minimum absolute atomic E-state index is 0.106. The van der Waals surface area contributed by atoms with Gasteiger partial charge in [-0.25, -0.2) is 0 Å². The first-order valence-corrected chi connectivity index (χ1v) is 5.40. The summed E-state index contributed by atoms with van der Waals surface area (Å²) in [7, 11) is 1.79. The number of aryl methyl sites for hydroxylation is 1. The SMILES string of the molecule is Cn1ncc(Br)c1C(=O)C1=CCCC1. The van der Waals surface area contributed by atoms with E-state index in [1.54, 1.807) is 17.9 Å². The molecule has 0 atom stereocenters. The summed E-state index contributed by atoms with van der Waals surface area (Å²) in [5, 5.41) is 4.03. The molecule has 3 nitrogen and oxygen atoms in total. The lowest BCUT2D eigenvalue weighted by molar-refractivity contribution is 0.102. The van der Waals surface area contributed by atoms with Crippen molar-refractivity contribution in [1.29, 1.82) is 0 Å². The number of carbonyl (C=O) groups is 1. The molecule has 0 aliphatic heterocycles. The van der Waals surface area contributed by atoms with Crippen LogP contribution in [-0.2, 0) is 7.05 Å². The summed E-state index contributed by atoms with van der Waals surface area (Å²) >= 11 is 3.33. The van der Waals surface area contributed by atoms with Gasteiger partial charge in [-0.15, -0.1) is 0 Å². The molecular formula is C10H11BrN2O. The first-order chi connectivity index (χ1) is 6.70. The molecule has 0 saturated carbocycles. The van der Waals surface area contributed by atoms with Gasteiger partial charge in [0.05, 0.1) is 10.7 Å². The summed E-state index contributed by atoms with van der Waals surface area (Å²) in [5.41, 5.74) is 1.58. The van der Waals surface area contributed by atoms with Crippen LogP contribution >= 0.6 is 15.9 Å². The molecule has 1 aliphatic carbocycles. The predicted octanol–water partition coefficient (Wildman–Crippen LogP) is 2.48. The molecular weight excluding hydrogens is 244 g/mol. The summed E-state index contributed by atoms with van der Waals surface area (Å²) in [6, 6.07) is 0. The van der Waals surface area contributed by atoms with Crippen molar-refractivity contribution >= 4 is 21.7 Å². The van der Waals surface area contributed by atoms with E-state index in [4.69, 9.17) is 0 Å². The van der Waals surface area contributed by atoms with E-state index >= 15 is 0 Å². The highest BCUT2D eigenvalue weighted by molar-refractivity contribution is 9.10. The molecule has 2 rings (SSSR count). The van der Waals surface area contributed by atoms with Crippen LogP contribution in [0.3, 0.4) is 0 Å². The minimum atomic E-state index is 0.106. The third kappa shape index (κ3) is 1.54. The molecule has 0 N–H and O–H groups in total. The second-order valence-corrected chi connectivity index (χ2v) is 4.27. The van der Waals surface area contributed by atoms with E-state index in [-0.39, 0.29) is 5.78 Å². The van der Waals surface area contributed by atoms with E-state index in [1.807, 2.05) is 6.08 Å². The van der Waals surface area contributed by atoms with Crippen LogP contribution in [0.15, 0.2) is 22.3 Å². The number of halogens is 1. The van der Waals surface area contributed by atoms with Crippen molar-refractivity contribution in [3.8, 4) is 0 Å². The Kier molecular flexibility index (Phi) is 2.54. The molecule has 4 heteroatoms. The van der Waals surface area contributed by atoms with Gasteiger partial charge in [-0.1, -0.05) is 6.08 Å². The van der Waals surface area contributed by atoms with Gasteiger partial charge in [0, 0.05) is 7.05 Å². The van der Waals surface area contributed by atoms with Crippen LogP contribution in [0.1, 0.15) is 29.8 Å². The van der Waals surface area contributed by atoms with E-state index in [0.29, 0.717) is 5.69 Å². The maximum Gasteiger partial charge on any atom is 0.207 e. The van der Waals surface area contributed by atoms with Crippen LogP contribution in [0, 0.1) is 0 Å². The summed E-state index contributed by atoms with van der Waals surface area (Å²) in [4.78, 5) is 12.0. The molecule has 1 aromatic rings. The Balaban J connectivity index is 2.35. The van der Waals surface area contributed by atoms with Crippen LogP contribution in [0.4, 0.5) is 0 Å². The van der Waals surface area contributed by atoms with E-state index in [0.717, 1.165) is 29.3 Å². The molecule has 1 aliphatic rings. The number of nitrogens with zero attached hydrogens (tertiary/aromatic N) is 2. The van der Waals surface area contributed by atoms with E-state index in [1.165, 1.54) is 0 Å². The standard InChI is InChI=1S/C10H11BrN2O/c1-13-9(8(11)6-12-13)10(14)7-4-2-3-5-7/h4,6H,2-3,5H2,1H3. The quantitative estimate of drug-likeness (QED) is 0.761. The van der Waals surface area contributed by atoms with Crippen LogP contribution in [0.25, 0.3) is 0 Å². The molecule has 0 aromatic carbocycles. The van der Waals surface area contributed by atoms with Crippen molar-refractivity contribution in [2.75, 3.05) is 0 Å². The lowest BCUT2D eigenvalue weighted by Gasteiger charge is -2.02. The molecule has 0 radical (unpaired) electrons. The Bertz CT molecular complexity index is 387. The van der Waals surface area contributed by atoms with Gasteiger partial charge in [0.25, 0.3) is 0 Å². The van der Waals surface area contributed by atoms with Gasteiger partial charge in [0.15, 0.2) is 0 Å². The number of aromatic nitrogens is 2. The Morgan fingerprint density at radius 3 is 2.93 bits per heavy atom. The fourth-order valence-corrected chi connectivity index (χ4v) is 2.22. The molecule has 74 valence electrons. The summed E-state index contributed by atoms with van der Waals surface area (Å²) in [5.74, 6) is 0.106. The van der Waals surface area contributed by atoms with E-state index < -0.39 is 0 Å². The van der Waals surface area contributed by atoms with Gasteiger partial charge >= 0.3 is 0 Å². The van der Waals surface area contributed by atoms with Crippen LogP contribution in [-0.4, -0.2) is 15.6 Å². The highest BCUT2D eigenvalue weighted by atomic mass is 79.9. The highest BCUT2D eigenvalue weighted by Gasteiger charge is 2.20. The number of ketones is 1. The van der Waals surface area contributed by atoms with Crippen molar-refractivity contribution in [3.05, 3.63) is 28.0 Å². The third-order valence-electron chi connectivity index (χ3n) is 2.44. The van der Waals surface area contributed by atoms with Crippen molar-refractivity contribution in [2.24, 2.45) is 7.05 Å². The Morgan fingerprint density at radius 2 is 2.43 bits per heavy atom. The van der Waals surface area contributed by atoms with Crippen molar-refractivity contribution < 1.29 is 4.79 Å². The van der Waals surface area contributed by atoms with Gasteiger partial charge in [-0.05, 0) is 40.8 Å². The minimum Gasteiger partial charge on any atom is -0.287 e. The van der Waals surface area contributed by atoms with Crippen LogP contribution in [0.5, 0.6) is 0 Å². The normalized spacial score (nSPS) is 15.7. The predicted molar refractivity (Wildman–Crippen MR) is 57.2 cm³/mol. The Hall–Kier alpha value is -0.900. The molecule has 0 unspecified atom stereocenters. The highest BCUT2D eigenvalue weighted by Crippen LogP contribution is 2.25. The third-order valence-corrected chi connectivity index (χ3v) is 3.02. The fourth-order valence-electron chi connectivity index (χ4n) is 1.70. The van der Waals surface area contributed by atoms with Gasteiger partial charge in [-0.2, -0.15) is 5.10 Å². The first kappa shape index (κ1) is 9.65. The Morgan fingerprint density at radius 1 is 1.64 bits per heavy atom. The average molecular weight is 255 g/mol. The molecule has 0 saturated heterocycles. The zero-order valence-electron chi connectivity index (χ0n) is 7.96. The summed E-state index contributed by atoms with van der Waals surface area (Å²) in [6.45, 7) is 0. The molecule has 0 spiro atoms. The number of rotatable bonds is 2. The van der Waals surface area contributed by atoms with Gasteiger partial charge in [-0.3, -0.25) is 9.48 Å². The molecule has 1 heterocycles. The molecule has 0 bridgehead atoms. The zero-order valence-corrected chi connectivity index (χ0v) is 9.54. The Labute approximate surface area is 90.9 Å². The molecule has 14 heavy (non-hydrogen) atoms. The van der Waals surface area contributed by atoms with Gasteiger partial charge in [0.1, 0.15) is 5.69 Å². The second kappa shape index (κ2) is 3.69. The maximum atomic E-state index is 12.0. The van der Waals surface area contributed by atoms with Crippen LogP contribution < -0.4 is 0 Å². The van der Waals surface area contributed by atoms with Crippen molar-refractivity contribution in [2.45, 2.75) is 19.3 Å². The smallest absolute Gasteiger partial charge is 0.207 e. The number of hydrogen-bond donors (Lipinski definition) is 0. The van der Waals surface area contributed by atoms with Gasteiger partial charge in [0.2, 0.25) is 5.78 Å². The van der Waals surface area contributed by atoms with E-state index in [9.17, 15) is 4.79 Å². The lowest BCUT2D eigenvalue weighted by atomic mass is 10.1. The number of carbonyl (C=O) groups excluding carboxylic acids is 1. The molecule has 0 fully saturated rings. The largest absolute Gasteiger partial charge is 0.287 e. The lowest BCUT2D eigenvalue weighted by Crippen LogP contribution is -2.09. The summed E-state index contributed by atoms with van der Waals surface area (Å²) in [6.07, 6.45) is 6.70. The zero-order chi connectivity index (χ0) is 10.1. The second-order valence-electron chi connectivity index (χ2n) is 3.42. The van der Waals surface area contributed by atoms with E-state index in [2.05, 4.69) is 21.0 Å². The number of hydrogen-bond acceptors (Lipinski definition) is 2. The number of Topliss-reactive ketones (excluding diaryl/α,β-unsaturated/α-hetero) is 1. The number of allylic oxidation sites excluding steroid dienone is 2. The molecule has 1 aromatic heterocycles. The topological polar surface area (TPSA) is 34.9 Å². The fraction of sp³-hybridized carbons (Fsp3) is 0.400. The van der Waals surface area contributed by atoms with Crippen LogP contribution in [0.2, 0.25) is 0 Å². The first-order valence-electron chi connectivity index (χ1n) is 4.61. The van der Waals surface area contributed by atoms with Crippen molar-refractivity contribution in [3.63, 3.8) is 0 Å². The summed E-state index contributed by atoms with van der Waals surface area (Å²) < 4.78 is 2.39. The average Bonchev–Trinajstić information content (AvgIpc) is 2.75. The van der Waals surface area contributed by atoms with Gasteiger partial charge < -0.3 is 0 Å². The monoisotopic (exact) mass is 254 g/mol. The van der Waals surface area contributed by atoms with Crippen molar-refractivity contribution in [1.82, 2.24) is 9.78 Å².